The number of nitrogens with zero attached hydrogens (tertiary/aromatic N) is 1. The van der Waals surface area contributed by atoms with Crippen LogP contribution < -0.4 is 5.32 Å². The predicted molar refractivity (Wildman–Crippen MR) is 86.7 cm³/mol. The van der Waals surface area contributed by atoms with Gasteiger partial charge in [0.2, 0.25) is 11.8 Å². The van der Waals surface area contributed by atoms with E-state index < -0.39 is 0 Å². The molecule has 130 valence electrons. The molecular weight excluding hydrogens is 308 g/mol. The molecule has 0 bridgehead atoms. The molecule has 2 saturated heterocycles. The maximum atomic E-state index is 12.8. The summed E-state index contributed by atoms with van der Waals surface area (Å²) < 4.78 is 0. The first-order valence-corrected chi connectivity index (χ1v) is 8.81. The minimum atomic E-state index is -0.332. The maximum absolute atomic E-state index is 12.8. The minimum Gasteiger partial charge on any atom is -0.374 e. The molecular formula is C18H24N2O4. The number of likely N-dealkylation sites (tertiary alicyclic amines) is 1. The van der Waals surface area contributed by atoms with Crippen molar-refractivity contribution in [1.29, 1.82) is 0 Å². The number of ketones is 2. The molecule has 0 spiro atoms. The van der Waals surface area contributed by atoms with Crippen LogP contribution in [0.1, 0.15) is 51.9 Å². The van der Waals surface area contributed by atoms with Crippen molar-refractivity contribution in [2.75, 3.05) is 13.1 Å². The van der Waals surface area contributed by atoms with E-state index in [-0.39, 0.29) is 54.5 Å². The molecule has 2 amide bonds. The second kappa shape index (κ2) is 6.87. The Morgan fingerprint density at radius 2 is 1.67 bits per heavy atom. The molecule has 3 aliphatic rings. The van der Waals surface area contributed by atoms with E-state index in [1.807, 2.05) is 6.92 Å². The van der Waals surface area contributed by atoms with Gasteiger partial charge in [0.05, 0.1) is 5.57 Å². The molecule has 2 aliphatic heterocycles. The summed E-state index contributed by atoms with van der Waals surface area (Å²) in [6.07, 6.45) is 3.80. The third-order valence-corrected chi connectivity index (χ3v) is 5.11. The van der Waals surface area contributed by atoms with Gasteiger partial charge in [0.1, 0.15) is 0 Å². The Labute approximate surface area is 141 Å². The van der Waals surface area contributed by atoms with Crippen molar-refractivity contribution in [1.82, 2.24) is 10.2 Å². The topological polar surface area (TPSA) is 83.5 Å². The summed E-state index contributed by atoms with van der Waals surface area (Å²) >= 11 is 0. The molecule has 1 aliphatic carbocycles. The SMILES string of the molecule is C[C@H]1CC(=O)C(C(=O)CC2CC(=O)NC(=O)C2)=C(N2CCCC2)C1. The lowest BCUT2D eigenvalue weighted by molar-refractivity contribution is -0.135. The number of nitrogens with one attached hydrogen (secondary N) is 1. The standard InChI is InChI=1S/C18H24N2O4/c1-11-6-13(20-4-2-3-5-20)18(14(21)7-11)15(22)8-12-9-16(23)19-17(24)10-12/h11-12H,2-10H2,1H3,(H,19,23,24)/t11-/m1/s1. The molecule has 0 aromatic carbocycles. The van der Waals surface area contributed by atoms with Crippen LogP contribution in [0.4, 0.5) is 0 Å². The molecule has 24 heavy (non-hydrogen) atoms. The number of allylic oxidation sites excluding steroid dienone is 2. The quantitative estimate of drug-likeness (QED) is 0.620. The average Bonchev–Trinajstić information content (AvgIpc) is 2.98. The third-order valence-electron chi connectivity index (χ3n) is 5.11. The van der Waals surface area contributed by atoms with Crippen LogP contribution in [0.3, 0.4) is 0 Å². The van der Waals surface area contributed by atoms with Gasteiger partial charge < -0.3 is 4.90 Å². The van der Waals surface area contributed by atoms with Crippen LogP contribution in [-0.4, -0.2) is 41.4 Å². The zero-order valence-electron chi connectivity index (χ0n) is 14.1. The van der Waals surface area contributed by atoms with E-state index in [4.69, 9.17) is 0 Å². The molecule has 2 fully saturated rings. The highest BCUT2D eigenvalue weighted by atomic mass is 16.2. The first kappa shape index (κ1) is 16.9. The molecule has 6 nitrogen and oxygen atoms in total. The number of amides is 2. The van der Waals surface area contributed by atoms with Crippen LogP contribution in [0, 0.1) is 11.8 Å². The summed E-state index contributed by atoms with van der Waals surface area (Å²) in [7, 11) is 0. The fraction of sp³-hybridized carbons (Fsp3) is 0.667. The Morgan fingerprint density at radius 3 is 2.29 bits per heavy atom. The van der Waals surface area contributed by atoms with Gasteiger partial charge in [-0.3, -0.25) is 24.5 Å². The van der Waals surface area contributed by atoms with Gasteiger partial charge in [0, 0.05) is 44.5 Å². The van der Waals surface area contributed by atoms with E-state index in [1.54, 1.807) is 0 Å². The average molecular weight is 332 g/mol. The van der Waals surface area contributed by atoms with Gasteiger partial charge in [0.15, 0.2) is 11.6 Å². The fourth-order valence-electron chi connectivity index (χ4n) is 4.04. The molecule has 0 aromatic heterocycles. The van der Waals surface area contributed by atoms with Gasteiger partial charge in [-0.05, 0) is 31.1 Å². The van der Waals surface area contributed by atoms with Crippen LogP contribution in [-0.2, 0) is 19.2 Å². The Bertz CT molecular complexity index is 601. The zero-order chi connectivity index (χ0) is 17.3. The monoisotopic (exact) mass is 332 g/mol. The van der Waals surface area contributed by atoms with E-state index in [0.717, 1.165) is 38.0 Å². The summed E-state index contributed by atoms with van der Waals surface area (Å²) in [6.45, 7) is 3.84. The summed E-state index contributed by atoms with van der Waals surface area (Å²) in [5.74, 6) is -0.971. The lowest BCUT2D eigenvalue weighted by Crippen LogP contribution is -2.39. The van der Waals surface area contributed by atoms with Crippen LogP contribution in [0.25, 0.3) is 0 Å². The van der Waals surface area contributed by atoms with Crippen molar-refractivity contribution in [3.8, 4) is 0 Å². The van der Waals surface area contributed by atoms with Crippen LogP contribution >= 0.6 is 0 Å². The molecule has 3 rings (SSSR count). The van der Waals surface area contributed by atoms with Gasteiger partial charge in [-0.25, -0.2) is 0 Å². The molecule has 0 saturated carbocycles. The van der Waals surface area contributed by atoms with Gasteiger partial charge >= 0.3 is 0 Å². The lowest BCUT2D eigenvalue weighted by Gasteiger charge is -2.31. The van der Waals surface area contributed by atoms with Crippen molar-refractivity contribution in [3.63, 3.8) is 0 Å². The van der Waals surface area contributed by atoms with Crippen molar-refractivity contribution in [3.05, 3.63) is 11.3 Å². The summed E-state index contributed by atoms with van der Waals surface area (Å²) in [5.41, 5.74) is 1.24. The molecule has 2 heterocycles. The molecule has 0 radical (unpaired) electrons. The Balaban J connectivity index is 1.81. The van der Waals surface area contributed by atoms with E-state index in [1.165, 1.54) is 0 Å². The smallest absolute Gasteiger partial charge is 0.226 e. The summed E-state index contributed by atoms with van der Waals surface area (Å²) in [5, 5.41) is 2.25. The number of rotatable bonds is 4. The number of imide groups is 1. The zero-order valence-corrected chi connectivity index (χ0v) is 14.1. The first-order chi connectivity index (χ1) is 11.4. The predicted octanol–water partition coefficient (Wildman–Crippen LogP) is 1.35. The van der Waals surface area contributed by atoms with Crippen LogP contribution in [0.5, 0.6) is 0 Å². The molecule has 0 aromatic rings. The van der Waals surface area contributed by atoms with Crippen molar-refractivity contribution in [2.24, 2.45) is 11.8 Å². The normalized spacial score (nSPS) is 26.1. The lowest BCUT2D eigenvalue weighted by atomic mass is 9.81. The molecule has 6 heteroatoms. The Morgan fingerprint density at radius 1 is 1.04 bits per heavy atom. The largest absolute Gasteiger partial charge is 0.374 e. The number of carbonyl (C=O) groups excluding carboxylic acids is 4. The van der Waals surface area contributed by atoms with Crippen molar-refractivity contribution >= 4 is 23.4 Å². The summed E-state index contributed by atoms with van der Waals surface area (Å²) in [6, 6.07) is 0. The van der Waals surface area contributed by atoms with Crippen molar-refractivity contribution < 1.29 is 19.2 Å². The van der Waals surface area contributed by atoms with E-state index in [2.05, 4.69) is 10.2 Å². The van der Waals surface area contributed by atoms with E-state index in [0.29, 0.717) is 12.0 Å². The van der Waals surface area contributed by atoms with E-state index in [9.17, 15) is 19.2 Å². The Kier molecular flexibility index (Phi) is 4.83. The summed E-state index contributed by atoms with van der Waals surface area (Å²) in [4.78, 5) is 50.5. The van der Waals surface area contributed by atoms with Crippen molar-refractivity contribution in [2.45, 2.75) is 51.9 Å². The van der Waals surface area contributed by atoms with Crippen LogP contribution in [0.2, 0.25) is 0 Å². The highest BCUT2D eigenvalue weighted by molar-refractivity contribution is 6.21. The van der Waals surface area contributed by atoms with Gasteiger partial charge in [0.25, 0.3) is 0 Å². The number of hydrogen-bond acceptors (Lipinski definition) is 5. The Hall–Kier alpha value is -1.98. The highest BCUT2D eigenvalue weighted by Gasteiger charge is 2.35. The maximum Gasteiger partial charge on any atom is 0.226 e. The molecule has 1 N–H and O–H groups in total. The number of piperidine rings is 1. The minimum absolute atomic E-state index is 0.0766. The van der Waals surface area contributed by atoms with Crippen LogP contribution in [0.15, 0.2) is 11.3 Å². The van der Waals surface area contributed by atoms with Gasteiger partial charge in [-0.15, -0.1) is 0 Å². The van der Waals surface area contributed by atoms with Gasteiger partial charge in [-0.1, -0.05) is 6.92 Å². The van der Waals surface area contributed by atoms with E-state index >= 15 is 0 Å². The third kappa shape index (κ3) is 3.57. The number of Topliss-reactive ketones (excluding diaryl/α,β-unsaturated/α-hetero) is 2. The molecule has 0 unspecified atom stereocenters. The number of carbonyl (C=O) groups is 4. The number of hydrogen-bond donors (Lipinski definition) is 1. The fourth-order valence-corrected chi connectivity index (χ4v) is 4.04. The second-order valence-corrected chi connectivity index (χ2v) is 7.33. The highest BCUT2D eigenvalue weighted by Crippen LogP contribution is 2.33. The van der Waals surface area contributed by atoms with Gasteiger partial charge in [-0.2, -0.15) is 0 Å². The molecule has 1 atom stereocenters. The first-order valence-electron chi connectivity index (χ1n) is 8.81. The second-order valence-electron chi connectivity index (χ2n) is 7.33.